The summed E-state index contributed by atoms with van der Waals surface area (Å²) in [5, 5.41) is 0. The Kier molecular flexibility index (Phi) is 5.04. The van der Waals surface area contributed by atoms with Crippen molar-refractivity contribution in [2.24, 2.45) is 5.73 Å². The molecule has 20 heavy (non-hydrogen) atoms. The van der Waals surface area contributed by atoms with Crippen molar-refractivity contribution in [2.75, 3.05) is 18.2 Å². The monoisotopic (exact) mass is 290 g/mol. The molecule has 106 valence electrons. The van der Waals surface area contributed by atoms with Crippen molar-refractivity contribution in [2.45, 2.75) is 18.0 Å². The normalized spacial score (nSPS) is 10.6. The van der Waals surface area contributed by atoms with Crippen LogP contribution in [0.5, 0.6) is 0 Å². The molecule has 0 saturated heterocycles. The Balaban J connectivity index is 2.30. The number of rotatable bonds is 5. The Labute approximate surface area is 123 Å². The second-order valence-corrected chi connectivity index (χ2v) is 5.46. The van der Waals surface area contributed by atoms with Gasteiger partial charge in [0.25, 0.3) is 0 Å². The van der Waals surface area contributed by atoms with Crippen molar-refractivity contribution in [1.29, 1.82) is 0 Å². The average Bonchev–Trinajstić information content (AvgIpc) is 2.48. The van der Waals surface area contributed by atoms with Gasteiger partial charge in [0.05, 0.1) is 0 Å². The van der Waals surface area contributed by atoms with E-state index in [9.17, 15) is 4.39 Å². The van der Waals surface area contributed by atoms with Crippen molar-refractivity contribution in [3.63, 3.8) is 0 Å². The van der Waals surface area contributed by atoms with E-state index in [1.54, 1.807) is 17.8 Å². The summed E-state index contributed by atoms with van der Waals surface area (Å²) in [5.74, 6) is -0.172. The molecule has 0 heterocycles. The lowest BCUT2D eigenvalue weighted by Gasteiger charge is -2.24. The van der Waals surface area contributed by atoms with E-state index in [1.807, 2.05) is 42.5 Å². The third kappa shape index (κ3) is 3.14. The molecule has 0 aliphatic carbocycles. The number of halogens is 1. The van der Waals surface area contributed by atoms with Gasteiger partial charge in [-0.1, -0.05) is 24.3 Å². The zero-order valence-corrected chi connectivity index (χ0v) is 12.6. The summed E-state index contributed by atoms with van der Waals surface area (Å²) < 4.78 is 13.7. The molecule has 2 aromatic rings. The summed E-state index contributed by atoms with van der Waals surface area (Å²) in [7, 11) is 1.96. The molecule has 0 aromatic heterocycles. The van der Waals surface area contributed by atoms with E-state index in [2.05, 4.69) is 6.07 Å². The standard InChI is InChI=1S/C16H19FN2S/c1-19(11-12-6-3-4-7-14(12)17)15-8-5-9-16(20-2)13(15)10-18/h3-9H,10-11,18H2,1-2H3. The van der Waals surface area contributed by atoms with E-state index < -0.39 is 0 Å². The zero-order valence-electron chi connectivity index (χ0n) is 11.8. The Morgan fingerprint density at radius 2 is 1.90 bits per heavy atom. The maximum Gasteiger partial charge on any atom is 0.128 e. The van der Waals surface area contributed by atoms with E-state index in [0.29, 0.717) is 18.7 Å². The van der Waals surface area contributed by atoms with Crippen LogP contribution in [0.4, 0.5) is 10.1 Å². The summed E-state index contributed by atoms with van der Waals surface area (Å²) in [6.07, 6.45) is 2.04. The molecule has 4 heteroatoms. The largest absolute Gasteiger partial charge is 0.370 e. The molecule has 0 radical (unpaired) electrons. The fraction of sp³-hybridized carbons (Fsp3) is 0.250. The number of hydrogen-bond donors (Lipinski definition) is 1. The highest BCUT2D eigenvalue weighted by atomic mass is 32.2. The van der Waals surface area contributed by atoms with Crippen molar-refractivity contribution >= 4 is 17.4 Å². The molecule has 0 unspecified atom stereocenters. The minimum absolute atomic E-state index is 0.172. The van der Waals surface area contributed by atoms with Gasteiger partial charge in [-0.3, -0.25) is 0 Å². The fourth-order valence-corrected chi connectivity index (χ4v) is 2.92. The van der Waals surface area contributed by atoms with Crippen LogP contribution in [-0.2, 0) is 13.1 Å². The van der Waals surface area contributed by atoms with Gasteiger partial charge in [-0.15, -0.1) is 11.8 Å². The number of hydrogen-bond acceptors (Lipinski definition) is 3. The van der Waals surface area contributed by atoms with Crippen molar-refractivity contribution < 1.29 is 4.39 Å². The number of anilines is 1. The molecule has 0 amide bonds. The summed E-state index contributed by atoms with van der Waals surface area (Å²) in [5.41, 5.74) is 8.73. The van der Waals surface area contributed by atoms with Crippen LogP contribution in [-0.4, -0.2) is 13.3 Å². The van der Waals surface area contributed by atoms with Crippen LogP contribution in [0.1, 0.15) is 11.1 Å². The first-order valence-corrected chi connectivity index (χ1v) is 7.70. The first kappa shape index (κ1) is 14.9. The minimum Gasteiger partial charge on any atom is -0.370 e. The fourth-order valence-electron chi connectivity index (χ4n) is 2.28. The summed E-state index contributed by atoms with van der Waals surface area (Å²) in [6.45, 7) is 1.01. The lowest BCUT2D eigenvalue weighted by atomic mass is 10.1. The van der Waals surface area contributed by atoms with Gasteiger partial charge in [-0.05, 0) is 24.5 Å². The lowest BCUT2D eigenvalue weighted by Crippen LogP contribution is -2.20. The van der Waals surface area contributed by atoms with Crippen LogP contribution < -0.4 is 10.6 Å². The predicted molar refractivity (Wildman–Crippen MR) is 84.6 cm³/mol. The quantitative estimate of drug-likeness (QED) is 0.852. The van der Waals surface area contributed by atoms with Crippen molar-refractivity contribution in [1.82, 2.24) is 0 Å². The number of nitrogens with two attached hydrogens (primary N) is 1. The number of nitrogens with zero attached hydrogens (tertiary/aromatic N) is 1. The average molecular weight is 290 g/mol. The molecule has 0 atom stereocenters. The summed E-state index contributed by atoms with van der Waals surface area (Å²) in [4.78, 5) is 3.21. The van der Waals surface area contributed by atoms with Crippen LogP contribution in [0.15, 0.2) is 47.4 Å². The molecule has 0 spiro atoms. The first-order chi connectivity index (χ1) is 9.67. The van der Waals surface area contributed by atoms with E-state index >= 15 is 0 Å². The highest BCUT2D eigenvalue weighted by Crippen LogP contribution is 2.29. The number of benzene rings is 2. The molecule has 2 aromatic carbocycles. The summed E-state index contributed by atoms with van der Waals surface area (Å²) in [6, 6.07) is 13.0. The van der Waals surface area contributed by atoms with E-state index in [4.69, 9.17) is 5.73 Å². The lowest BCUT2D eigenvalue weighted by molar-refractivity contribution is 0.607. The molecule has 2 N–H and O–H groups in total. The second kappa shape index (κ2) is 6.77. The number of thioether (sulfide) groups is 1. The Morgan fingerprint density at radius 3 is 2.55 bits per heavy atom. The van der Waals surface area contributed by atoms with E-state index in [1.165, 1.54) is 11.0 Å². The third-order valence-electron chi connectivity index (χ3n) is 3.31. The maximum absolute atomic E-state index is 13.7. The van der Waals surface area contributed by atoms with Crippen LogP contribution in [0.3, 0.4) is 0 Å². The van der Waals surface area contributed by atoms with E-state index in [0.717, 1.165) is 11.3 Å². The first-order valence-electron chi connectivity index (χ1n) is 6.48. The van der Waals surface area contributed by atoms with Crippen molar-refractivity contribution in [3.8, 4) is 0 Å². The highest BCUT2D eigenvalue weighted by molar-refractivity contribution is 7.98. The molecular formula is C16H19FN2S. The van der Waals surface area contributed by atoms with Crippen LogP contribution in [0, 0.1) is 5.82 Å². The molecule has 2 rings (SSSR count). The van der Waals surface area contributed by atoms with Gasteiger partial charge in [-0.25, -0.2) is 4.39 Å². The highest BCUT2D eigenvalue weighted by Gasteiger charge is 2.12. The van der Waals surface area contributed by atoms with Crippen LogP contribution in [0.25, 0.3) is 0 Å². The van der Waals surface area contributed by atoms with Gasteiger partial charge in [-0.2, -0.15) is 0 Å². The van der Waals surface area contributed by atoms with Gasteiger partial charge in [0.1, 0.15) is 5.82 Å². The van der Waals surface area contributed by atoms with E-state index in [-0.39, 0.29) is 5.82 Å². The second-order valence-electron chi connectivity index (χ2n) is 4.61. The van der Waals surface area contributed by atoms with Crippen LogP contribution in [0.2, 0.25) is 0 Å². The van der Waals surface area contributed by atoms with Crippen molar-refractivity contribution in [3.05, 3.63) is 59.4 Å². The van der Waals surface area contributed by atoms with Crippen LogP contribution >= 0.6 is 11.8 Å². The molecule has 0 bridgehead atoms. The Hall–Kier alpha value is -1.52. The third-order valence-corrected chi connectivity index (χ3v) is 4.13. The molecule has 2 nitrogen and oxygen atoms in total. The molecule has 0 saturated carbocycles. The molecule has 0 aliphatic rings. The Bertz CT molecular complexity index is 586. The van der Waals surface area contributed by atoms with Gasteiger partial charge < -0.3 is 10.6 Å². The Morgan fingerprint density at radius 1 is 1.15 bits per heavy atom. The topological polar surface area (TPSA) is 29.3 Å². The molecule has 0 fully saturated rings. The van der Waals surface area contributed by atoms with Gasteiger partial charge in [0, 0.05) is 41.8 Å². The van der Waals surface area contributed by atoms with Gasteiger partial charge in [0.2, 0.25) is 0 Å². The smallest absolute Gasteiger partial charge is 0.128 e. The minimum atomic E-state index is -0.172. The molecule has 0 aliphatic heterocycles. The predicted octanol–water partition coefficient (Wildman–Crippen LogP) is 3.64. The molecular weight excluding hydrogens is 271 g/mol. The van der Waals surface area contributed by atoms with Gasteiger partial charge >= 0.3 is 0 Å². The zero-order chi connectivity index (χ0) is 14.5. The summed E-state index contributed by atoms with van der Waals surface area (Å²) >= 11 is 1.68. The SMILES string of the molecule is CSc1cccc(N(C)Cc2ccccc2F)c1CN. The maximum atomic E-state index is 13.7. The van der Waals surface area contributed by atoms with Gasteiger partial charge in [0.15, 0.2) is 0 Å².